The molecule has 5 atom stereocenters. The minimum absolute atomic E-state index is 0.0395. The summed E-state index contributed by atoms with van der Waals surface area (Å²) in [7, 11) is 3.01. The second-order valence-electron chi connectivity index (χ2n) is 7.14. The summed E-state index contributed by atoms with van der Waals surface area (Å²) in [6, 6.07) is 4.96. The van der Waals surface area contributed by atoms with E-state index < -0.39 is 30.3 Å². The van der Waals surface area contributed by atoms with Gasteiger partial charge in [0.25, 0.3) is 5.91 Å². The van der Waals surface area contributed by atoms with Gasteiger partial charge in [0.15, 0.2) is 6.61 Å². The highest BCUT2D eigenvalue weighted by Gasteiger charge is 2.64. The van der Waals surface area contributed by atoms with Crippen molar-refractivity contribution in [2.24, 2.45) is 23.7 Å². The van der Waals surface area contributed by atoms with Crippen LogP contribution >= 0.6 is 0 Å². The third-order valence-corrected chi connectivity index (χ3v) is 5.78. The lowest BCUT2D eigenvalue weighted by Gasteiger charge is -2.22. The quantitative estimate of drug-likeness (QED) is 0.750. The molecule has 2 saturated carbocycles. The van der Waals surface area contributed by atoms with Gasteiger partial charge in [-0.05, 0) is 30.9 Å². The van der Waals surface area contributed by atoms with Crippen molar-refractivity contribution >= 4 is 23.5 Å². The first-order chi connectivity index (χ1) is 13.0. The lowest BCUT2D eigenvalue weighted by molar-refractivity contribution is -0.157. The Balaban J connectivity index is 1.35. The monoisotopic (exact) mass is 375 g/mol. The first kappa shape index (κ1) is 17.6. The summed E-state index contributed by atoms with van der Waals surface area (Å²) in [4.78, 5) is 36.6. The smallest absolute Gasteiger partial charge is 0.310 e. The molecule has 4 rings (SSSR count). The first-order valence-electron chi connectivity index (χ1n) is 8.91. The molecule has 27 heavy (non-hydrogen) atoms. The molecule has 0 unspecified atom stereocenters. The number of rotatable bonds is 6. The largest absolute Gasteiger partial charge is 0.497 e. The third-order valence-electron chi connectivity index (χ3n) is 5.78. The number of esters is 2. The van der Waals surface area contributed by atoms with Gasteiger partial charge >= 0.3 is 11.9 Å². The molecule has 0 aromatic heterocycles. The first-order valence-corrected chi connectivity index (χ1v) is 8.91. The standard InChI is InChI=1S/C19H21NO7/c1-24-10-3-4-12(14(7-10)25-2)20-15(21)8-26-18(22)16-9-5-11-13(6-9)27-19(23)17(11)16/h3-4,7,9,11,13,16-17H,5-6,8H2,1-2H3,(H,20,21)/t9-,11+,13+,16-,17-/m1/s1. The van der Waals surface area contributed by atoms with E-state index in [1.165, 1.54) is 14.2 Å². The van der Waals surface area contributed by atoms with Crippen LogP contribution in [-0.2, 0) is 23.9 Å². The lowest BCUT2D eigenvalue weighted by Crippen LogP contribution is -2.35. The van der Waals surface area contributed by atoms with Crippen molar-refractivity contribution in [1.82, 2.24) is 0 Å². The van der Waals surface area contributed by atoms with Crippen molar-refractivity contribution in [3.8, 4) is 11.5 Å². The predicted molar refractivity (Wildman–Crippen MR) is 92.2 cm³/mol. The second-order valence-corrected chi connectivity index (χ2v) is 7.14. The Labute approximate surface area is 156 Å². The van der Waals surface area contributed by atoms with Gasteiger partial charge in [-0.3, -0.25) is 14.4 Å². The molecule has 1 aliphatic heterocycles. The van der Waals surface area contributed by atoms with Crippen molar-refractivity contribution < 1.29 is 33.3 Å². The topological polar surface area (TPSA) is 100 Å². The maximum atomic E-state index is 12.5. The van der Waals surface area contributed by atoms with Gasteiger partial charge in [0.1, 0.15) is 17.6 Å². The zero-order valence-corrected chi connectivity index (χ0v) is 15.1. The molecule has 2 aliphatic carbocycles. The number of methoxy groups -OCH3 is 2. The van der Waals surface area contributed by atoms with E-state index >= 15 is 0 Å². The van der Waals surface area contributed by atoms with Crippen LogP contribution in [0.25, 0.3) is 0 Å². The Kier molecular flexibility index (Phi) is 4.41. The SMILES string of the molecule is COc1ccc(NC(=O)COC(=O)[C@@H]2[C@@H]3C[C@@H]4[C@H]2C(=O)O[C@H]4C3)c(OC)c1. The summed E-state index contributed by atoms with van der Waals surface area (Å²) in [6.45, 7) is -0.424. The maximum Gasteiger partial charge on any atom is 0.310 e. The number of fused-ring (bicyclic) bond motifs is 1. The van der Waals surface area contributed by atoms with E-state index in [2.05, 4.69) is 5.32 Å². The van der Waals surface area contributed by atoms with Crippen LogP contribution in [0.2, 0.25) is 0 Å². The van der Waals surface area contributed by atoms with Gasteiger partial charge in [0.2, 0.25) is 0 Å². The lowest BCUT2D eigenvalue weighted by atomic mass is 9.80. The summed E-state index contributed by atoms with van der Waals surface area (Å²) in [5.41, 5.74) is 0.446. The van der Waals surface area contributed by atoms with Crippen LogP contribution in [0.5, 0.6) is 11.5 Å². The van der Waals surface area contributed by atoms with Gasteiger partial charge in [0.05, 0.1) is 31.7 Å². The molecule has 1 heterocycles. The summed E-state index contributed by atoms with van der Waals surface area (Å²) < 4.78 is 20.9. The minimum Gasteiger partial charge on any atom is -0.497 e. The highest BCUT2D eigenvalue weighted by Crippen LogP contribution is 2.57. The molecule has 1 aromatic rings. The average Bonchev–Trinajstić information content (AvgIpc) is 3.29. The zero-order valence-electron chi connectivity index (χ0n) is 15.1. The molecule has 3 aliphatic rings. The fourth-order valence-electron chi connectivity index (χ4n) is 4.65. The fourth-order valence-corrected chi connectivity index (χ4v) is 4.65. The number of ether oxygens (including phenoxy) is 4. The Hall–Kier alpha value is -2.77. The van der Waals surface area contributed by atoms with E-state index in [0.717, 1.165) is 6.42 Å². The third kappa shape index (κ3) is 2.98. The van der Waals surface area contributed by atoms with Crippen molar-refractivity contribution in [1.29, 1.82) is 0 Å². The molecule has 0 spiro atoms. The van der Waals surface area contributed by atoms with E-state index in [0.29, 0.717) is 23.6 Å². The maximum absolute atomic E-state index is 12.5. The number of benzene rings is 1. The summed E-state index contributed by atoms with van der Waals surface area (Å²) >= 11 is 0. The molecular weight excluding hydrogens is 354 g/mol. The van der Waals surface area contributed by atoms with E-state index in [4.69, 9.17) is 18.9 Å². The van der Waals surface area contributed by atoms with Gasteiger partial charge in [0, 0.05) is 12.0 Å². The van der Waals surface area contributed by atoms with Crippen LogP contribution in [-0.4, -0.2) is 44.8 Å². The van der Waals surface area contributed by atoms with Crippen molar-refractivity contribution in [3.05, 3.63) is 18.2 Å². The Morgan fingerprint density at radius 2 is 2.04 bits per heavy atom. The molecule has 0 radical (unpaired) electrons. The predicted octanol–water partition coefficient (Wildman–Crippen LogP) is 1.38. The van der Waals surface area contributed by atoms with Crippen LogP contribution in [0, 0.1) is 23.7 Å². The molecule has 2 bridgehead atoms. The molecule has 3 fully saturated rings. The molecule has 8 nitrogen and oxygen atoms in total. The summed E-state index contributed by atoms with van der Waals surface area (Å²) in [6.07, 6.45) is 1.49. The number of hydrogen-bond donors (Lipinski definition) is 1. The van der Waals surface area contributed by atoms with Crippen LogP contribution in [0.4, 0.5) is 5.69 Å². The van der Waals surface area contributed by atoms with Crippen LogP contribution in [0.15, 0.2) is 18.2 Å². The normalized spacial score (nSPS) is 30.0. The Morgan fingerprint density at radius 1 is 1.22 bits per heavy atom. The van der Waals surface area contributed by atoms with Gasteiger partial charge in [-0.25, -0.2) is 0 Å². The van der Waals surface area contributed by atoms with Crippen molar-refractivity contribution in [2.75, 3.05) is 26.1 Å². The number of carbonyl (C=O) groups is 3. The van der Waals surface area contributed by atoms with Gasteiger partial charge in [-0.15, -0.1) is 0 Å². The second kappa shape index (κ2) is 6.75. The summed E-state index contributed by atoms with van der Waals surface area (Å²) in [5.74, 6) is -0.944. The Morgan fingerprint density at radius 3 is 2.78 bits per heavy atom. The number of amides is 1. The number of hydrogen-bond acceptors (Lipinski definition) is 7. The fraction of sp³-hybridized carbons (Fsp3) is 0.526. The van der Waals surface area contributed by atoms with Gasteiger partial charge in [-0.1, -0.05) is 0 Å². The zero-order chi connectivity index (χ0) is 19.1. The number of anilines is 1. The number of carbonyl (C=O) groups excluding carboxylic acids is 3. The van der Waals surface area contributed by atoms with Gasteiger partial charge in [-0.2, -0.15) is 0 Å². The molecular formula is C19H21NO7. The summed E-state index contributed by atoms with van der Waals surface area (Å²) in [5, 5.41) is 2.65. The van der Waals surface area contributed by atoms with Crippen LogP contribution in [0.3, 0.4) is 0 Å². The molecule has 1 amide bonds. The molecule has 8 heteroatoms. The van der Waals surface area contributed by atoms with E-state index in [1.54, 1.807) is 18.2 Å². The average molecular weight is 375 g/mol. The van der Waals surface area contributed by atoms with E-state index in [1.807, 2.05) is 0 Å². The molecule has 1 saturated heterocycles. The highest BCUT2D eigenvalue weighted by atomic mass is 16.6. The minimum atomic E-state index is -0.498. The molecule has 1 N–H and O–H groups in total. The van der Waals surface area contributed by atoms with E-state index in [9.17, 15) is 14.4 Å². The number of nitrogens with one attached hydrogen (secondary N) is 1. The van der Waals surface area contributed by atoms with Gasteiger partial charge < -0.3 is 24.3 Å². The van der Waals surface area contributed by atoms with E-state index in [-0.39, 0.29) is 23.9 Å². The molecule has 144 valence electrons. The Bertz CT molecular complexity index is 790. The van der Waals surface area contributed by atoms with Crippen LogP contribution in [0.1, 0.15) is 12.8 Å². The van der Waals surface area contributed by atoms with Crippen LogP contribution < -0.4 is 14.8 Å². The van der Waals surface area contributed by atoms with Crippen molar-refractivity contribution in [3.63, 3.8) is 0 Å². The molecule has 1 aromatic carbocycles. The van der Waals surface area contributed by atoms with Crippen molar-refractivity contribution in [2.45, 2.75) is 18.9 Å². The highest BCUT2D eigenvalue weighted by molar-refractivity contribution is 5.95.